The van der Waals surface area contributed by atoms with Crippen molar-refractivity contribution in [3.8, 4) is 0 Å². The van der Waals surface area contributed by atoms with Gasteiger partial charge in [0.25, 0.3) is 0 Å². The maximum Gasteiger partial charge on any atom is 0.139 e. The van der Waals surface area contributed by atoms with E-state index in [2.05, 4.69) is 0 Å². The number of nitrogen functional groups attached to an aromatic ring is 1. The number of benzene rings is 1. The lowest BCUT2D eigenvalue weighted by Crippen LogP contribution is -2.45. The van der Waals surface area contributed by atoms with Crippen molar-refractivity contribution in [3.63, 3.8) is 0 Å². The number of nitrogens with zero attached hydrogens (tertiary/aromatic N) is 1. The second-order valence-electron chi connectivity index (χ2n) is 4.13. The number of hydrogen-bond donors (Lipinski definition) is 1. The summed E-state index contributed by atoms with van der Waals surface area (Å²) in [7, 11) is 1.94. The summed E-state index contributed by atoms with van der Waals surface area (Å²) in [6.07, 6.45) is 0.959. The van der Waals surface area contributed by atoms with Crippen LogP contribution in [0.4, 0.5) is 5.69 Å². The van der Waals surface area contributed by atoms with Crippen LogP contribution in [0.3, 0.4) is 0 Å². The monoisotopic (exact) mass is 220 g/mol. The molecule has 1 aliphatic heterocycles. The maximum atomic E-state index is 10.7. The molecule has 0 saturated carbocycles. The Morgan fingerprint density at radius 1 is 1.44 bits per heavy atom. The Labute approximate surface area is 95.0 Å². The third-order valence-corrected chi connectivity index (χ3v) is 2.95. The molecular weight excluding hydrogens is 204 g/mol. The highest BCUT2D eigenvalue weighted by molar-refractivity contribution is 5.58. The highest BCUT2D eigenvalue weighted by Crippen LogP contribution is 2.24. The molecule has 16 heavy (non-hydrogen) atoms. The molecule has 2 unspecified atom stereocenters. The molecule has 1 aliphatic rings. The smallest absolute Gasteiger partial charge is 0.139 e. The fraction of sp³-hybridized carbons (Fsp3) is 0.417. The van der Waals surface area contributed by atoms with Crippen LogP contribution < -0.4 is 5.73 Å². The largest absolute Gasteiger partial charge is 0.399 e. The van der Waals surface area contributed by atoms with Gasteiger partial charge in [0.15, 0.2) is 0 Å². The number of carbonyl (C=O) groups excluding carboxylic acids is 1. The Morgan fingerprint density at radius 3 is 2.69 bits per heavy atom. The predicted octanol–water partition coefficient (Wildman–Crippen LogP) is 0.839. The molecule has 0 aliphatic carbocycles. The van der Waals surface area contributed by atoms with E-state index in [4.69, 9.17) is 10.5 Å². The van der Waals surface area contributed by atoms with E-state index in [9.17, 15) is 4.79 Å². The average Bonchev–Trinajstić information content (AvgIpc) is 2.30. The molecule has 0 radical (unpaired) electrons. The first-order valence-corrected chi connectivity index (χ1v) is 5.33. The lowest BCUT2D eigenvalue weighted by atomic mass is 10.1. The van der Waals surface area contributed by atoms with Gasteiger partial charge in [-0.1, -0.05) is 12.1 Å². The van der Waals surface area contributed by atoms with Crippen molar-refractivity contribution in [3.05, 3.63) is 29.8 Å². The zero-order valence-corrected chi connectivity index (χ0v) is 9.30. The quantitative estimate of drug-likeness (QED) is 0.592. The maximum absolute atomic E-state index is 10.7. The van der Waals surface area contributed by atoms with Crippen LogP contribution in [0.5, 0.6) is 0 Å². The summed E-state index contributed by atoms with van der Waals surface area (Å²) in [5.41, 5.74) is 7.48. The van der Waals surface area contributed by atoms with E-state index in [1.165, 1.54) is 0 Å². The summed E-state index contributed by atoms with van der Waals surface area (Å²) in [6, 6.07) is 7.55. The van der Waals surface area contributed by atoms with Crippen LogP contribution in [0.15, 0.2) is 24.3 Å². The summed E-state index contributed by atoms with van der Waals surface area (Å²) in [4.78, 5) is 12.7. The molecule has 4 nitrogen and oxygen atoms in total. The Morgan fingerprint density at radius 2 is 2.12 bits per heavy atom. The molecule has 0 bridgehead atoms. The minimum Gasteiger partial charge on any atom is -0.399 e. The number of anilines is 1. The van der Waals surface area contributed by atoms with Gasteiger partial charge in [0, 0.05) is 12.2 Å². The third-order valence-electron chi connectivity index (χ3n) is 2.95. The van der Waals surface area contributed by atoms with Crippen molar-refractivity contribution in [2.75, 3.05) is 25.9 Å². The summed E-state index contributed by atoms with van der Waals surface area (Å²) >= 11 is 0. The van der Waals surface area contributed by atoms with Crippen LogP contribution >= 0.6 is 0 Å². The number of aldehydes is 1. The molecule has 1 saturated heterocycles. The van der Waals surface area contributed by atoms with Crippen LogP contribution in [-0.4, -0.2) is 37.4 Å². The molecule has 1 aromatic rings. The third kappa shape index (κ3) is 2.23. The minimum absolute atomic E-state index is 0.0294. The zero-order valence-electron chi connectivity index (χ0n) is 9.30. The first-order valence-electron chi connectivity index (χ1n) is 5.33. The van der Waals surface area contributed by atoms with Crippen molar-refractivity contribution in [2.24, 2.45) is 0 Å². The predicted molar refractivity (Wildman–Crippen MR) is 62.0 cm³/mol. The molecule has 1 heterocycles. The van der Waals surface area contributed by atoms with Crippen molar-refractivity contribution in [1.29, 1.82) is 0 Å². The first-order chi connectivity index (χ1) is 7.70. The molecule has 86 valence electrons. The SMILES string of the molecule is CN1CC(c2ccc(N)cc2)OCC1C=O. The van der Waals surface area contributed by atoms with Gasteiger partial charge in [-0.15, -0.1) is 0 Å². The van der Waals surface area contributed by atoms with Gasteiger partial charge in [-0.3, -0.25) is 4.90 Å². The average molecular weight is 220 g/mol. The standard InChI is InChI=1S/C12H16N2O2/c1-14-6-12(16-8-11(14)7-15)9-2-4-10(13)5-3-9/h2-5,7,11-12H,6,8,13H2,1H3. The summed E-state index contributed by atoms with van der Waals surface area (Å²) < 4.78 is 5.66. The van der Waals surface area contributed by atoms with Gasteiger partial charge in [-0.25, -0.2) is 0 Å². The molecule has 2 rings (SSSR count). The van der Waals surface area contributed by atoms with E-state index in [1.807, 2.05) is 36.2 Å². The Balaban J connectivity index is 2.07. The molecule has 1 aromatic carbocycles. The Bertz CT molecular complexity index is 364. The molecule has 1 fully saturated rings. The van der Waals surface area contributed by atoms with E-state index in [0.717, 1.165) is 24.1 Å². The highest BCUT2D eigenvalue weighted by atomic mass is 16.5. The zero-order chi connectivity index (χ0) is 11.5. The highest BCUT2D eigenvalue weighted by Gasteiger charge is 2.26. The lowest BCUT2D eigenvalue weighted by Gasteiger charge is -2.34. The summed E-state index contributed by atoms with van der Waals surface area (Å²) in [5, 5.41) is 0. The van der Waals surface area contributed by atoms with Gasteiger partial charge in [-0.2, -0.15) is 0 Å². The van der Waals surface area contributed by atoms with Crippen LogP contribution in [0.25, 0.3) is 0 Å². The van der Waals surface area contributed by atoms with Crippen LogP contribution in [-0.2, 0) is 9.53 Å². The Hall–Kier alpha value is -1.39. The topological polar surface area (TPSA) is 55.6 Å². The lowest BCUT2D eigenvalue weighted by molar-refractivity contribution is -0.121. The van der Waals surface area contributed by atoms with Gasteiger partial charge >= 0.3 is 0 Å². The second kappa shape index (κ2) is 4.63. The second-order valence-corrected chi connectivity index (χ2v) is 4.13. The molecule has 0 amide bonds. The molecule has 4 heteroatoms. The molecule has 2 atom stereocenters. The molecule has 0 aromatic heterocycles. The normalized spacial score (nSPS) is 26.6. The molecular formula is C12H16N2O2. The van der Waals surface area contributed by atoms with Gasteiger partial charge in [0.2, 0.25) is 0 Å². The van der Waals surface area contributed by atoms with Crippen molar-refractivity contribution in [1.82, 2.24) is 4.90 Å². The van der Waals surface area contributed by atoms with E-state index in [1.54, 1.807) is 0 Å². The van der Waals surface area contributed by atoms with E-state index >= 15 is 0 Å². The molecule has 2 N–H and O–H groups in total. The van der Waals surface area contributed by atoms with Crippen LogP contribution in [0.1, 0.15) is 11.7 Å². The number of morpholine rings is 1. The number of likely N-dealkylation sites (N-methyl/N-ethyl adjacent to an activating group) is 1. The first kappa shape index (κ1) is 11.1. The van der Waals surface area contributed by atoms with E-state index < -0.39 is 0 Å². The van der Waals surface area contributed by atoms with Crippen molar-refractivity contribution < 1.29 is 9.53 Å². The fourth-order valence-electron chi connectivity index (χ4n) is 1.85. The Kier molecular flexibility index (Phi) is 3.22. The fourth-order valence-corrected chi connectivity index (χ4v) is 1.85. The van der Waals surface area contributed by atoms with Gasteiger partial charge < -0.3 is 15.3 Å². The van der Waals surface area contributed by atoms with Gasteiger partial charge in [0.1, 0.15) is 6.29 Å². The van der Waals surface area contributed by atoms with Crippen LogP contribution in [0, 0.1) is 0 Å². The number of ether oxygens (including phenoxy) is 1. The van der Waals surface area contributed by atoms with E-state index in [0.29, 0.717) is 6.61 Å². The summed E-state index contributed by atoms with van der Waals surface area (Å²) in [6.45, 7) is 1.18. The van der Waals surface area contributed by atoms with Gasteiger partial charge in [-0.05, 0) is 24.7 Å². The number of carbonyl (C=O) groups is 1. The number of nitrogens with two attached hydrogens (primary N) is 1. The van der Waals surface area contributed by atoms with Crippen LogP contribution in [0.2, 0.25) is 0 Å². The number of rotatable bonds is 2. The van der Waals surface area contributed by atoms with Crippen molar-refractivity contribution in [2.45, 2.75) is 12.1 Å². The van der Waals surface area contributed by atoms with E-state index in [-0.39, 0.29) is 12.1 Å². The summed E-state index contributed by atoms with van der Waals surface area (Å²) in [5.74, 6) is 0. The number of hydrogen-bond acceptors (Lipinski definition) is 4. The molecule has 0 spiro atoms. The van der Waals surface area contributed by atoms with Crippen molar-refractivity contribution >= 4 is 12.0 Å². The van der Waals surface area contributed by atoms with Gasteiger partial charge in [0.05, 0.1) is 18.8 Å². The minimum atomic E-state index is -0.120.